The Morgan fingerprint density at radius 2 is 1.78 bits per heavy atom. The maximum atomic E-state index is 13.2. The normalized spacial score (nSPS) is 17.6. The van der Waals surface area contributed by atoms with Gasteiger partial charge in [0.2, 0.25) is 0 Å². The van der Waals surface area contributed by atoms with E-state index in [2.05, 4.69) is 4.98 Å². The van der Waals surface area contributed by atoms with E-state index in [0.29, 0.717) is 29.2 Å². The number of anilines is 1. The molecule has 6 nitrogen and oxygen atoms in total. The summed E-state index contributed by atoms with van der Waals surface area (Å²) in [6.45, 7) is 6.28. The number of hydrogen-bond acceptors (Lipinski definition) is 5. The smallest absolute Gasteiger partial charge is 0.300 e. The van der Waals surface area contributed by atoms with Gasteiger partial charge in [-0.15, -0.1) is 0 Å². The Morgan fingerprint density at radius 1 is 1.03 bits per heavy atom. The number of rotatable bonds is 5. The van der Waals surface area contributed by atoms with Gasteiger partial charge < -0.3 is 9.84 Å². The van der Waals surface area contributed by atoms with E-state index in [0.717, 1.165) is 11.1 Å². The number of aliphatic hydroxyl groups excluding tert-OH is 1. The summed E-state index contributed by atoms with van der Waals surface area (Å²) in [7, 11) is 0. The van der Waals surface area contributed by atoms with Gasteiger partial charge >= 0.3 is 0 Å². The van der Waals surface area contributed by atoms with Gasteiger partial charge in [-0.2, -0.15) is 0 Å². The first-order valence-corrected chi connectivity index (χ1v) is 10.4. The number of nitrogens with zero attached hydrogens (tertiary/aromatic N) is 2. The summed E-state index contributed by atoms with van der Waals surface area (Å²) in [5.74, 6) is -1.08. The van der Waals surface area contributed by atoms with Crippen LogP contribution in [0.1, 0.15) is 35.2 Å². The average molecular weight is 428 g/mol. The van der Waals surface area contributed by atoms with Crippen molar-refractivity contribution in [2.45, 2.75) is 26.8 Å². The van der Waals surface area contributed by atoms with E-state index >= 15 is 0 Å². The fourth-order valence-corrected chi connectivity index (χ4v) is 3.89. The van der Waals surface area contributed by atoms with Crippen LogP contribution in [-0.2, 0) is 9.59 Å². The average Bonchev–Trinajstić information content (AvgIpc) is 3.07. The molecule has 1 N–H and O–H groups in total. The summed E-state index contributed by atoms with van der Waals surface area (Å²) in [4.78, 5) is 31.9. The van der Waals surface area contributed by atoms with Crippen molar-refractivity contribution in [3.05, 3.63) is 94.8 Å². The van der Waals surface area contributed by atoms with E-state index < -0.39 is 17.7 Å². The molecule has 1 saturated heterocycles. The lowest BCUT2D eigenvalue weighted by molar-refractivity contribution is -0.132. The first-order chi connectivity index (χ1) is 15.4. The molecule has 1 atom stereocenters. The van der Waals surface area contributed by atoms with Crippen LogP contribution in [0, 0.1) is 13.8 Å². The van der Waals surface area contributed by atoms with Gasteiger partial charge in [-0.3, -0.25) is 19.5 Å². The summed E-state index contributed by atoms with van der Waals surface area (Å²) in [6.07, 6.45) is 3.21. The minimum absolute atomic E-state index is 0.0353. The lowest BCUT2D eigenvalue weighted by Crippen LogP contribution is -2.29. The second-order valence-electron chi connectivity index (χ2n) is 7.68. The van der Waals surface area contributed by atoms with Crippen LogP contribution in [0.25, 0.3) is 5.76 Å². The van der Waals surface area contributed by atoms with Gasteiger partial charge in [0.05, 0.1) is 18.2 Å². The molecular formula is C26H24N2O4. The number of ether oxygens (including phenoxy) is 1. The van der Waals surface area contributed by atoms with Crippen LogP contribution in [0.4, 0.5) is 5.69 Å². The third kappa shape index (κ3) is 3.75. The first kappa shape index (κ1) is 21.3. The van der Waals surface area contributed by atoms with Crippen molar-refractivity contribution in [3.63, 3.8) is 0 Å². The lowest BCUT2D eigenvalue weighted by Gasteiger charge is -2.26. The number of aryl methyl sites for hydroxylation is 2. The molecule has 1 unspecified atom stereocenters. The highest BCUT2D eigenvalue weighted by atomic mass is 16.5. The highest BCUT2D eigenvalue weighted by Gasteiger charge is 2.47. The van der Waals surface area contributed by atoms with E-state index in [1.165, 1.54) is 4.90 Å². The number of aliphatic hydroxyl groups is 1. The molecular weight excluding hydrogens is 404 g/mol. The standard InChI is InChI=1S/C26H24N2O4/c1-4-32-21-7-5-6-19(15-21)24(29)22-23(18-10-12-27-13-11-18)28(26(31)25(22)30)20-9-8-16(2)17(3)14-20/h5-15,23,29H,4H2,1-3H3/b24-22+. The summed E-state index contributed by atoms with van der Waals surface area (Å²) >= 11 is 0. The third-order valence-electron chi connectivity index (χ3n) is 5.65. The molecule has 0 aliphatic carbocycles. The first-order valence-electron chi connectivity index (χ1n) is 10.4. The van der Waals surface area contributed by atoms with Crippen molar-refractivity contribution < 1.29 is 19.4 Å². The monoisotopic (exact) mass is 428 g/mol. The molecule has 162 valence electrons. The summed E-state index contributed by atoms with van der Waals surface area (Å²) < 4.78 is 5.53. The van der Waals surface area contributed by atoms with Crippen molar-refractivity contribution in [2.75, 3.05) is 11.5 Å². The third-order valence-corrected chi connectivity index (χ3v) is 5.65. The molecule has 32 heavy (non-hydrogen) atoms. The minimum atomic E-state index is -0.782. The van der Waals surface area contributed by atoms with Crippen molar-refractivity contribution in [1.82, 2.24) is 4.98 Å². The molecule has 0 saturated carbocycles. The Hall–Kier alpha value is -3.93. The van der Waals surface area contributed by atoms with Gasteiger partial charge in [0.15, 0.2) is 0 Å². The van der Waals surface area contributed by atoms with Crippen molar-refractivity contribution in [2.24, 2.45) is 0 Å². The topological polar surface area (TPSA) is 79.7 Å². The van der Waals surface area contributed by atoms with Gasteiger partial charge in [0, 0.05) is 23.6 Å². The zero-order valence-corrected chi connectivity index (χ0v) is 18.2. The molecule has 0 spiro atoms. The Balaban J connectivity index is 1.92. The van der Waals surface area contributed by atoms with Crippen LogP contribution in [0.2, 0.25) is 0 Å². The van der Waals surface area contributed by atoms with Gasteiger partial charge in [-0.25, -0.2) is 0 Å². The number of hydrogen-bond donors (Lipinski definition) is 1. The van der Waals surface area contributed by atoms with Gasteiger partial charge in [-0.1, -0.05) is 18.2 Å². The number of ketones is 1. The summed E-state index contributed by atoms with van der Waals surface area (Å²) in [6, 6.07) is 15.2. The van der Waals surface area contributed by atoms with Crippen molar-refractivity contribution in [3.8, 4) is 5.75 Å². The van der Waals surface area contributed by atoms with E-state index in [1.807, 2.05) is 39.0 Å². The maximum absolute atomic E-state index is 13.2. The van der Waals surface area contributed by atoms with Crippen LogP contribution in [0.15, 0.2) is 72.6 Å². The van der Waals surface area contributed by atoms with Crippen LogP contribution >= 0.6 is 0 Å². The fraction of sp³-hybridized carbons (Fsp3) is 0.192. The van der Waals surface area contributed by atoms with Crippen molar-refractivity contribution >= 4 is 23.1 Å². The number of pyridine rings is 1. The molecule has 6 heteroatoms. The molecule has 1 aliphatic heterocycles. The van der Waals surface area contributed by atoms with Crippen LogP contribution in [-0.4, -0.2) is 28.4 Å². The number of amides is 1. The van der Waals surface area contributed by atoms with Gasteiger partial charge in [-0.05, 0) is 73.9 Å². The molecule has 1 aromatic heterocycles. The molecule has 3 aromatic rings. The second-order valence-corrected chi connectivity index (χ2v) is 7.68. The summed E-state index contributed by atoms with van der Waals surface area (Å²) in [5, 5.41) is 11.2. The number of Topliss-reactive ketones (excluding diaryl/α,β-unsaturated/α-hetero) is 1. The minimum Gasteiger partial charge on any atom is -0.507 e. The second kappa shape index (κ2) is 8.67. The molecule has 0 radical (unpaired) electrons. The number of benzene rings is 2. The molecule has 1 amide bonds. The fourth-order valence-electron chi connectivity index (χ4n) is 3.89. The highest BCUT2D eigenvalue weighted by Crippen LogP contribution is 2.42. The highest BCUT2D eigenvalue weighted by molar-refractivity contribution is 6.51. The maximum Gasteiger partial charge on any atom is 0.300 e. The van der Waals surface area contributed by atoms with Crippen molar-refractivity contribution in [1.29, 1.82) is 0 Å². The van der Waals surface area contributed by atoms with Crippen LogP contribution in [0.3, 0.4) is 0 Å². The zero-order valence-electron chi connectivity index (χ0n) is 18.2. The Bertz CT molecular complexity index is 1220. The van der Waals surface area contributed by atoms with Gasteiger partial charge in [0.25, 0.3) is 11.7 Å². The predicted octanol–water partition coefficient (Wildman–Crippen LogP) is 4.72. The van der Waals surface area contributed by atoms with E-state index in [4.69, 9.17) is 4.74 Å². The number of carbonyl (C=O) groups is 2. The quantitative estimate of drug-likeness (QED) is 0.361. The predicted molar refractivity (Wildman–Crippen MR) is 123 cm³/mol. The number of carbonyl (C=O) groups excluding carboxylic acids is 2. The zero-order chi connectivity index (χ0) is 22.8. The van der Waals surface area contributed by atoms with Crippen LogP contribution < -0.4 is 9.64 Å². The molecule has 1 fully saturated rings. The molecule has 2 heterocycles. The molecule has 2 aromatic carbocycles. The van der Waals surface area contributed by atoms with E-state index in [-0.39, 0.29) is 11.3 Å². The van der Waals surface area contributed by atoms with Crippen LogP contribution in [0.5, 0.6) is 5.75 Å². The summed E-state index contributed by atoms with van der Waals surface area (Å²) in [5.41, 5.74) is 3.81. The molecule has 1 aliphatic rings. The van der Waals surface area contributed by atoms with Gasteiger partial charge in [0.1, 0.15) is 11.5 Å². The Morgan fingerprint density at radius 3 is 2.47 bits per heavy atom. The number of aromatic nitrogens is 1. The van der Waals surface area contributed by atoms with E-state index in [1.54, 1.807) is 48.8 Å². The lowest BCUT2D eigenvalue weighted by atomic mass is 9.95. The largest absolute Gasteiger partial charge is 0.507 e. The SMILES string of the molecule is CCOc1cccc(/C(O)=C2\C(=O)C(=O)N(c3ccc(C)c(C)c3)C2c2ccncc2)c1. The molecule has 0 bridgehead atoms. The molecule has 4 rings (SSSR count). The Kier molecular flexibility index (Phi) is 5.77. The Labute approximate surface area is 186 Å². The van der Waals surface area contributed by atoms with E-state index in [9.17, 15) is 14.7 Å².